The van der Waals surface area contributed by atoms with Crippen molar-refractivity contribution >= 4 is 28.3 Å². The molecule has 6 rings (SSSR count). The van der Waals surface area contributed by atoms with Gasteiger partial charge in [-0.1, -0.05) is 42.5 Å². The number of benzene rings is 5. The maximum absolute atomic E-state index is 5.56. The molecule has 0 bridgehead atoms. The van der Waals surface area contributed by atoms with Gasteiger partial charge in [-0.25, -0.2) is 0 Å². The third kappa shape index (κ3) is 6.02. The number of hydrogen-bond acceptors (Lipinski definition) is 6. The van der Waals surface area contributed by atoms with Crippen molar-refractivity contribution in [3.63, 3.8) is 0 Å². The van der Waals surface area contributed by atoms with Gasteiger partial charge in [0.05, 0.1) is 28.4 Å². The van der Waals surface area contributed by atoms with Crippen LogP contribution in [0, 0.1) is 0 Å². The molecular formula is C40H38N2O4. The normalized spacial score (nSPS) is 13.3. The second-order valence-corrected chi connectivity index (χ2v) is 10.9. The monoisotopic (exact) mass is 610 g/mol. The van der Waals surface area contributed by atoms with E-state index in [0.717, 1.165) is 45.7 Å². The molecule has 0 radical (unpaired) electrons. The minimum absolute atomic E-state index is 0.657. The lowest BCUT2D eigenvalue weighted by molar-refractivity contribution is 0.414. The minimum Gasteiger partial charge on any atom is -0.497 e. The molecule has 0 amide bonds. The third-order valence-electron chi connectivity index (χ3n) is 8.36. The molecule has 0 saturated carbocycles. The van der Waals surface area contributed by atoms with Gasteiger partial charge in [-0.15, -0.1) is 0 Å². The molecule has 1 aliphatic carbocycles. The highest BCUT2D eigenvalue weighted by molar-refractivity contribution is 5.82. The fraction of sp³-hybridized carbons (Fsp3) is 0.150. The molecule has 0 aliphatic heterocycles. The van der Waals surface area contributed by atoms with Gasteiger partial charge in [0.1, 0.15) is 28.7 Å². The molecule has 6 heteroatoms. The van der Waals surface area contributed by atoms with E-state index >= 15 is 0 Å². The predicted molar refractivity (Wildman–Crippen MR) is 187 cm³/mol. The fourth-order valence-corrected chi connectivity index (χ4v) is 6.01. The lowest BCUT2D eigenvalue weighted by Gasteiger charge is -2.52. The molecule has 6 nitrogen and oxygen atoms in total. The summed E-state index contributed by atoms with van der Waals surface area (Å²) < 4.78 is 22.2. The summed E-state index contributed by atoms with van der Waals surface area (Å²) in [7, 11) is 6.75. The van der Waals surface area contributed by atoms with E-state index in [2.05, 4.69) is 101 Å². The van der Waals surface area contributed by atoms with Gasteiger partial charge < -0.3 is 28.7 Å². The van der Waals surface area contributed by atoms with E-state index in [0.29, 0.717) is 6.42 Å². The van der Waals surface area contributed by atoms with Crippen molar-refractivity contribution in [2.75, 3.05) is 38.2 Å². The Bertz CT molecular complexity index is 1590. The number of rotatable bonds is 11. The quantitative estimate of drug-likeness (QED) is 0.139. The first kappa shape index (κ1) is 30.4. The Labute approximate surface area is 271 Å². The number of nitrogens with zero attached hydrogens (tertiary/aromatic N) is 2. The van der Waals surface area contributed by atoms with Gasteiger partial charge in [0.2, 0.25) is 0 Å². The van der Waals surface area contributed by atoms with E-state index < -0.39 is 5.66 Å². The van der Waals surface area contributed by atoms with Gasteiger partial charge in [0.15, 0.2) is 0 Å². The van der Waals surface area contributed by atoms with Crippen LogP contribution in [0.3, 0.4) is 0 Å². The van der Waals surface area contributed by atoms with Gasteiger partial charge in [-0.3, -0.25) is 0 Å². The van der Waals surface area contributed by atoms with Gasteiger partial charge in [0, 0.05) is 29.2 Å². The van der Waals surface area contributed by atoms with Gasteiger partial charge in [0.25, 0.3) is 0 Å². The largest absolute Gasteiger partial charge is 0.497 e. The number of allylic oxidation sites excluding steroid dienone is 2. The molecule has 0 N–H and O–H groups in total. The zero-order chi connectivity index (χ0) is 31.9. The molecule has 0 aromatic heterocycles. The summed E-state index contributed by atoms with van der Waals surface area (Å²) in [5.74, 6) is 3.17. The van der Waals surface area contributed by atoms with E-state index in [4.69, 9.17) is 18.9 Å². The molecule has 5 aromatic carbocycles. The summed E-state index contributed by atoms with van der Waals surface area (Å²) >= 11 is 0. The third-order valence-corrected chi connectivity index (χ3v) is 8.36. The van der Waals surface area contributed by atoms with Crippen LogP contribution in [0.4, 0.5) is 22.7 Å². The van der Waals surface area contributed by atoms with Crippen molar-refractivity contribution in [1.29, 1.82) is 0 Å². The number of hydrogen-bond donors (Lipinski definition) is 0. The van der Waals surface area contributed by atoms with Crippen LogP contribution in [-0.2, 0) is 0 Å². The van der Waals surface area contributed by atoms with E-state index in [9.17, 15) is 0 Å². The smallest absolute Gasteiger partial charge is 0.145 e. The van der Waals surface area contributed by atoms with Crippen LogP contribution in [0.5, 0.6) is 23.0 Å². The molecule has 46 heavy (non-hydrogen) atoms. The summed E-state index contributed by atoms with van der Waals surface area (Å²) in [6.45, 7) is 0. The van der Waals surface area contributed by atoms with Crippen LogP contribution in [0.2, 0.25) is 0 Å². The molecule has 5 aromatic rings. The van der Waals surface area contributed by atoms with Crippen molar-refractivity contribution < 1.29 is 18.9 Å². The van der Waals surface area contributed by atoms with Crippen molar-refractivity contribution in [3.8, 4) is 23.0 Å². The summed E-state index contributed by atoms with van der Waals surface area (Å²) in [5.41, 5.74) is 5.60. The van der Waals surface area contributed by atoms with Crippen LogP contribution < -0.4 is 28.7 Å². The van der Waals surface area contributed by atoms with Crippen molar-refractivity contribution in [2.24, 2.45) is 0 Å². The van der Waals surface area contributed by atoms with Gasteiger partial charge in [-0.05, 0) is 114 Å². The van der Waals surface area contributed by atoms with E-state index in [1.165, 1.54) is 11.1 Å². The van der Waals surface area contributed by atoms with Crippen LogP contribution in [-0.4, -0.2) is 34.1 Å². The zero-order valence-corrected chi connectivity index (χ0v) is 26.6. The molecule has 0 saturated heterocycles. The Morgan fingerprint density at radius 2 is 0.804 bits per heavy atom. The Morgan fingerprint density at radius 3 is 1.09 bits per heavy atom. The van der Waals surface area contributed by atoms with E-state index in [1.54, 1.807) is 28.4 Å². The summed E-state index contributed by atoms with van der Waals surface area (Å²) in [5, 5.41) is 0. The number of methoxy groups -OCH3 is 4. The Balaban J connectivity index is 1.62. The molecule has 0 heterocycles. The lowest BCUT2D eigenvalue weighted by Crippen LogP contribution is -2.57. The molecule has 0 fully saturated rings. The average Bonchev–Trinajstić information content (AvgIpc) is 3.13. The van der Waals surface area contributed by atoms with Gasteiger partial charge >= 0.3 is 0 Å². The molecule has 0 atom stereocenters. The van der Waals surface area contributed by atoms with Crippen LogP contribution in [0.1, 0.15) is 12.0 Å². The van der Waals surface area contributed by atoms with Crippen LogP contribution >= 0.6 is 0 Å². The highest BCUT2D eigenvalue weighted by atomic mass is 16.5. The SMILES string of the molecule is COc1ccc(N(c2ccc(OC)cc2)C2(N(c3ccc(OC)cc3)c3ccc(OC)cc3)C=CC(c3ccccc3)=CC2)cc1. The molecule has 232 valence electrons. The van der Waals surface area contributed by atoms with Crippen molar-refractivity contribution in [3.05, 3.63) is 151 Å². The number of anilines is 4. The summed E-state index contributed by atoms with van der Waals surface area (Å²) in [6.07, 6.45) is 7.54. The standard InChI is InChI=1S/C40H38N2O4/c1-43-36-18-10-32(11-19-36)41(33-12-20-37(44-2)21-13-33)40(28-26-31(27-29-40)30-8-6-5-7-9-30)42(34-14-22-38(45-3)23-15-34)35-16-24-39(46-4)25-17-35/h5-28H,29H2,1-4H3. The molecule has 0 spiro atoms. The highest BCUT2D eigenvalue weighted by Gasteiger charge is 2.43. The molecule has 0 unspecified atom stereocenters. The van der Waals surface area contributed by atoms with E-state index in [-0.39, 0.29) is 0 Å². The van der Waals surface area contributed by atoms with Crippen LogP contribution in [0.15, 0.2) is 146 Å². The van der Waals surface area contributed by atoms with Crippen molar-refractivity contribution in [1.82, 2.24) is 0 Å². The summed E-state index contributed by atoms with van der Waals surface area (Å²) in [4.78, 5) is 4.77. The predicted octanol–water partition coefficient (Wildman–Crippen LogP) is 9.44. The first-order valence-electron chi connectivity index (χ1n) is 15.2. The Kier molecular flexibility index (Phi) is 8.97. The Hall–Kier alpha value is -5.62. The average molecular weight is 611 g/mol. The van der Waals surface area contributed by atoms with Crippen LogP contribution in [0.25, 0.3) is 5.57 Å². The van der Waals surface area contributed by atoms with Gasteiger partial charge in [-0.2, -0.15) is 0 Å². The second kappa shape index (κ2) is 13.6. The number of ether oxygens (including phenoxy) is 4. The lowest BCUT2D eigenvalue weighted by atomic mass is 9.88. The highest BCUT2D eigenvalue weighted by Crippen LogP contribution is 2.48. The fourth-order valence-electron chi connectivity index (χ4n) is 6.01. The van der Waals surface area contributed by atoms with E-state index in [1.807, 2.05) is 54.6 Å². The zero-order valence-electron chi connectivity index (χ0n) is 26.6. The maximum atomic E-state index is 5.56. The summed E-state index contributed by atoms with van der Waals surface area (Å²) in [6, 6.07) is 43.4. The maximum Gasteiger partial charge on any atom is 0.145 e. The second-order valence-electron chi connectivity index (χ2n) is 10.9. The molecule has 1 aliphatic rings. The van der Waals surface area contributed by atoms with Crippen molar-refractivity contribution in [2.45, 2.75) is 12.1 Å². The minimum atomic E-state index is -0.745. The first-order valence-corrected chi connectivity index (χ1v) is 15.2. The Morgan fingerprint density at radius 1 is 0.457 bits per heavy atom. The topological polar surface area (TPSA) is 43.4 Å². The molecular weight excluding hydrogens is 572 g/mol. The first-order chi connectivity index (χ1) is 22.6.